The smallest absolute Gasteiger partial charge is 0.277 e. The SMILES string of the molecule is Cc1cnc(NCCO)cc1[N+](=O)[O-]. The summed E-state index contributed by atoms with van der Waals surface area (Å²) in [7, 11) is 0. The average Bonchev–Trinajstić information content (AvgIpc) is 2.16. The number of hydrogen-bond donors (Lipinski definition) is 2. The van der Waals surface area contributed by atoms with Gasteiger partial charge < -0.3 is 10.4 Å². The van der Waals surface area contributed by atoms with Gasteiger partial charge in [0.1, 0.15) is 5.82 Å². The van der Waals surface area contributed by atoms with Gasteiger partial charge in [0.15, 0.2) is 0 Å². The van der Waals surface area contributed by atoms with E-state index in [9.17, 15) is 10.1 Å². The molecule has 0 bridgehead atoms. The van der Waals surface area contributed by atoms with Crippen LogP contribution in [0.5, 0.6) is 0 Å². The Labute approximate surface area is 80.7 Å². The highest BCUT2D eigenvalue weighted by atomic mass is 16.6. The third-order valence-corrected chi connectivity index (χ3v) is 1.69. The first-order chi connectivity index (χ1) is 6.65. The van der Waals surface area contributed by atoms with Gasteiger partial charge in [-0.25, -0.2) is 4.98 Å². The molecule has 1 aromatic heterocycles. The zero-order valence-electron chi connectivity index (χ0n) is 7.73. The number of rotatable bonds is 4. The van der Waals surface area contributed by atoms with Gasteiger partial charge in [0, 0.05) is 18.3 Å². The quantitative estimate of drug-likeness (QED) is 0.548. The fraction of sp³-hybridized carbons (Fsp3) is 0.375. The molecule has 1 rings (SSSR count). The monoisotopic (exact) mass is 197 g/mol. The minimum atomic E-state index is -0.457. The van der Waals surface area contributed by atoms with E-state index < -0.39 is 4.92 Å². The summed E-state index contributed by atoms with van der Waals surface area (Å²) < 4.78 is 0. The molecule has 6 heteroatoms. The van der Waals surface area contributed by atoms with Crippen LogP contribution in [0.1, 0.15) is 5.56 Å². The van der Waals surface area contributed by atoms with Gasteiger partial charge in [-0.2, -0.15) is 0 Å². The molecule has 14 heavy (non-hydrogen) atoms. The second-order valence-corrected chi connectivity index (χ2v) is 2.76. The van der Waals surface area contributed by atoms with Gasteiger partial charge in [-0.15, -0.1) is 0 Å². The van der Waals surface area contributed by atoms with Crippen molar-refractivity contribution in [3.05, 3.63) is 27.9 Å². The highest BCUT2D eigenvalue weighted by Gasteiger charge is 2.11. The van der Waals surface area contributed by atoms with E-state index >= 15 is 0 Å². The molecule has 6 nitrogen and oxygen atoms in total. The molecule has 0 unspecified atom stereocenters. The predicted octanol–water partition coefficient (Wildman–Crippen LogP) is 0.702. The first-order valence-electron chi connectivity index (χ1n) is 4.11. The molecule has 0 aromatic carbocycles. The van der Waals surface area contributed by atoms with E-state index in [-0.39, 0.29) is 12.3 Å². The third-order valence-electron chi connectivity index (χ3n) is 1.69. The van der Waals surface area contributed by atoms with Gasteiger partial charge in [-0.1, -0.05) is 0 Å². The van der Waals surface area contributed by atoms with Crippen LogP contribution in [0.4, 0.5) is 11.5 Å². The fourth-order valence-corrected chi connectivity index (χ4v) is 0.990. The molecule has 0 radical (unpaired) electrons. The van der Waals surface area contributed by atoms with E-state index in [1.807, 2.05) is 0 Å². The Morgan fingerprint density at radius 2 is 2.43 bits per heavy atom. The number of aryl methyl sites for hydroxylation is 1. The van der Waals surface area contributed by atoms with Crippen molar-refractivity contribution >= 4 is 11.5 Å². The number of pyridine rings is 1. The summed E-state index contributed by atoms with van der Waals surface area (Å²) in [5.74, 6) is 0.399. The van der Waals surface area contributed by atoms with Crippen LogP contribution >= 0.6 is 0 Å². The molecule has 0 saturated heterocycles. The zero-order chi connectivity index (χ0) is 10.6. The number of hydrogen-bond acceptors (Lipinski definition) is 5. The molecule has 0 fully saturated rings. The second kappa shape index (κ2) is 4.52. The molecule has 0 amide bonds. The molecule has 0 atom stereocenters. The molecule has 1 aromatic rings. The summed E-state index contributed by atoms with van der Waals surface area (Å²) in [5, 5.41) is 21.8. The second-order valence-electron chi connectivity index (χ2n) is 2.76. The average molecular weight is 197 g/mol. The Bertz CT molecular complexity index is 341. The zero-order valence-corrected chi connectivity index (χ0v) is 7.73. The van der Waals surface area contributed by atoms with E-state index in [0.29, 0.717) is 17.9 Å². The number of aliphatic hydroxyl groups excluding tert-OH is 1. The van der Waals surface area contributed by atoms with Gasteiger partial charge in [-0.3, -0.25) is 10.1 Å². The molecule has 0 aliphatic rings. The molecule has 0 spiro atoms. The molecule has 2 N–H and O–H groups in total. The predicted molar refractivity (Wildman–Crippen MR) is 51.2 cm³/mol. The summed E-state index contributed by atoms with van der Waals surface area (Å²) in [6.45, 7) is 1.91. The van der Waals surface area contributed by atoms with Crippen molar-refractivity contribution in [2.75, 3.05) is 18.5 Å². The lowest BCUT2D eigenvalue weighted by Crippen LogP contribution is -2.07. The van der Waals surface area contributed by atoms with E-state index in [2.05, 4.69) is 10.3 Å². The van der Waals surface area contributed by atoms with Crippen LogP contribution in [-0.2, 0) is 0 Å². The molecule has 1 heterocycles. The summed E-state index contributed by atoms with van der Waals surface area (Å²) in [5.41, 5.74) is 0.546. The minimum Gasteiger partial charge on any atom is -0.395 e. The summed E-state index contributed by atoms with van der Waals surface area (Å²) in [6, 6.07) is 1.35. The lowest BCUT2D eigenvalue weighted by Gasteiger charge is -2.03. The Morgan fingerprint density at radius 1 is 1.71 bits per heavy atom. The van der Waals surface area contributed by atoms with E-state index in [0.717, 1.165) is 0 Å². The number of nitrogens with one attached hydrogen (secondary N) is 1. The Morgan fingerprint density at radius 3 is 3.00 bits per heavy atom. The largest absolute Gasteiger partial charge is 0.395 e. The first-order valence-corrected chi connectivity index (χ1v) is 4.11. The van der Waals surface area contributed by atoms with E-state index in [1.165, 1.54) is 12.3 Å². The lowest BCUT2D eigenvalue weighted by molar-refractivity contribution is -0.385. The lowest BCUT2D eigenvalue weighted by atomic mass is 10.2. The Hall–Kier alpha value is -1.69. The van der Waals surface area contributed by atoms with Crippen molar-refractivity contribution in [3.8, 4) is 0 Å². The van der Waals surface area contributed by atoms with Crippen LogP contribution in [0.15, 0.2) is 12.3 Å². The van der Waals surface area contributed by atoms with Crippen LogP contribution in [0.25, 0.3) is 0 Å². The van der Waals surface area contributed by atoms with Gasteiger partial charge >= 0.3 is 0 Å². The number of aromatic nitrogens is 1. The van der Waals surface area contributed by atoms with Crippen molar-refractivity contribution < 1.29 is 10.0 Å². The number of nitro groups is 1. The van der Waals surface area contributed by atoms with Gasteiger partial charge in [-0.05, 0) is 6.92 Å². The standard InChI is InChI=1S/C8H11N3O3/c1-6-5-10-8(9-2-3-12)4-7(6)11(13)14/h4-5,12H,2-3H2,1H3,(H,9,10). The maximum absolute atomic E-state index is 10.5. The maximum atomic E-state index is 10.5. The molecule has 0 saturated carbocycles. The normalized spacial score (nSPS) is 9.86. The summed E-state index contributed by atoms with van der Waals surface area (Å²) in [6.07, 6.45) is 1.43. The van der Waals surface area contributed by atoms with Crippen molar-refractivity contribution in [1.82, 2.24) is 4.98 Å². The number of nitrogens with zero attached hydrogens (tertiary/aromatic N) is 2. The highest BCUT2D eigenvalue weighted by Crippen LogP contribution is 2.19. The number of aliphatic hydroxyl groups is 1. The van der Waals surface area contributed by atoms with Crippen LogP contribution in [0.3, 0.4) is 0 Å². The van der Waals surface area contributed by atoms with E-state index in [1.54, 1.807) is 6.92 Å². The van der Waals surface area contributed by atoms with Crippen molar-refractivity contribution in [3.63, 3.8) is 0 Å². The molecule has 76 valence electrons. The van der Waals surface area contributed by atoms with Gasteiger partial charge in [0.25, 0.3) is 5.69 Å². The molecule has 0 aliphatic heterocycles. The third kappa shape index (κ3) is 2.40. The number of anilines is 1. The fourth-order valence-electron chi connectivity index (χ4n) is 0.990. The molecular formula is C8H11N3O3. The van der Waals surface area contributed by atoms with Gasteiger partial charge in [0.2, 0.25) is 0 Å². The topological polar surface area (TPSA) is 88.3 Å². The molecule has 0 aliphatic carbocycles. The Kier molecular flexibility index (Phi) is 3.35. The van der Waals surface area contributed by atoms with Crippen LogP contribution < -0.4 is 5.32 Å². The minimum absolute atomic E-state index is 0.0282. The Balaban J connectivity index is 2.89. The van der Waals surface area contributed by atoms with Crippen molar-refractivity contribution in [2.24, 2.45) is 0 Å². The van der Waals surface area contributed by atoms with Crippen molar-refractivity contribution in [1.29, 1.82) is 0 Å². The van der Waals surface area contributed by atoms with Gasteiger partial charge in [0.05, 0.1) is 17.6 Å². The summed E-state index contributed by atoms with van der Waals surface area (Å²) in [4.78, 5) is 14.0. The van der Waals surface area contributed by atoms with Crippen LogP contribution in [0.2, 0.25) is 0 Å². The van der Waals surface area contributed by atoms with Crippen molar-refractivity contribution in [2.45, 2.75) is 6.92 Å². The van der Waals surface area contributed by atoms with E-state index in [4.69, 9.17) is 5.11 Å². The first kappa shape index (κ1) is 10.4. The highest BCUT2D eigenvalue weighted by molar-refractivity contribution is 5.48. The molecular weight excluding hydrogens is 186 g/mol. The van der Waals surface area contributed by atoms with Crippen LogP contribution in [-0.4, -0.2) is 28.2 Å². The maximum Gasteiger partial charge on any atom is 0.277 e. The summed E-state index contributed by atoms with van der Waals surface area (Å²) >= 11 is 0. The van der Waals surface area contributed by atoms with Crippen LogP contribution in [0, 0.1) is 17.0 Å².